The van der Waals surface area contributed by atoms with Gasteiger partial charge in [-0.05, 0) is 12.8 Å². The van der Waals surface area contributed by atoms with Crippen LogP contribution in [-0.2, 0) is 31.6 Å². The molecule has 0 aromatic rings. The second kappa shape index (κ2) is 6.43. The Morgan fingerprint density at radius 1 is 1.05 bits per heavy atom. The van der Waals surface area contributed by atoms with Gasteiger partial charge in [0.15, 0.2) is 0 Å². The van der Waals surface area contributed by atoms with E-state index in [1.807, 2.05) is 0 Å². The fraction of sp³-hybridized carbons (Fsp3) is 1.00. The number of phosphoric acid groups is 3. The molecule has 19 heavy (non-hydrogen) atoms. The number of ether oxygens (including phenoxy) is 1. The van der Waals surface area contributed by atoms with Gasteiger partial charge in [-0.1, -0.05) is 0 Å². The topological polar surface area (TPSA) is 169 Å². The summed E-state index contributed by atoms with van der Waals surface area (Å²) in [6, 6.07) is 0. The Bertz CT molecular complexity index is 436. The second-order valence-corrected chi connectivity index (χ2v) is 7.94. The zero-order valence-corrected chi connectivity index (χ0v) is 12.1. The Morgan fingerprint density at radius 2 is 1.68 bits per heavy atom. The molecule has 14 heteroatoms. The Kier molecular flexibility index (Phi) is 5.89. The summed E-state index contributed by atoms with van der Waals surface area (Å²) < 4.78 is 49.1. The fourth-order valence-corrected chi connectivity index (χ4v) is 4.31. The molecule has 1 fully saturated rings. The van der Waals surface area contributed by atoms with Crippen molar-refractivity contribution in [3.05, 3.63) is 0 Å². The highest BCUT2D eigenvalue weighted by Gasteiger charge is 2.41. The van der Waals surface area contributed by atoms with Crippen LogP contribution in [0.15, 0.2) is 0 Å². The predicted octanol–water partition coefficient (Wildman–Crippen LogP) is 0.509. The van der Waals surface area contributed by atoms with Crippen LogP contribution in [0.5, 0.6) is 0 Å². The maximum absolute atomic E-state index is 11.3. The van der Waals surface area contributed by atoms with Crippen molar-refractivity contribution in [2.75, 3.05) is 13.2 Å². The molecule has 0 amide bonds. The van der Waals surface area contributed by atoms with Crippen LogP contribution < -0.4 is 0 Å². The molecule has 3 atom stereocenters. The average molecular weight is 342 g/mol. The Morgan fingerprint density at radius 3 is 2.16 bits per heavy atom. The minimum Gasteiger partial charge on any atom is -0.376 e. The molecule has 1 rings (SSSR count). The van der Waals surface area contributed by atoms with Crippen LogP contribution in [0.2, 0.25) is 0 Å². The smallest absolute Gasteiger partial charge is 0.376 e. The van der Waals surface area contributed by atoms with Crippen LogP contribution in [0.1, 0.15) is 12.8 Å². The lowest BCUT2D eigenvalue weighted by Gasteiger charge is -2.17. The van der Waals surface area contributed by atoms with E-state index in [0.717, 1.165) is 6.42 Å². The van der Waals surface area contributed by atoms with Crippen LogP contribution in [0, 0.1) is 0 Å². The highest BCUT2D eigenvalue weighted by Crippen LogP contribution is 2.66. The number of rotatable bonds is 7. The highest BCUT2D eigenvalue weighted by molar-refractivity contribution is 7.66. The van der Waals surface area contributed by atoms with E-state index in [2.05, 4.69) is 13.1 Å². The lowest BCUT2D eigenvalue weighted by molar-refractivity contribution is 0.0542. The van der Waals surface area contributed by atoms with Crippen molar-refractivity contribution in [1.29, 1.82) is 0 Å². The van der Waals surface area contributed by atoms with Gasteiger partial charge in [-0.25, -0.2) is 13.7 Å². The van der Waals surface area contributed by atoms with Gasteiger partial charge in [0.25, 0.3) is 0 Å². The van der Waals surface area contributed by atoms with Gasteiger partial charge >= 0.3 is 23.5 Å². The van der Waals surface area contributed by atoms with E-state index in [9.17, 15) is 13.7 Å². The van der Waals surface area contributed by atoms with E-state index < -0.39 is 29.6 Å². The first-order valence-electron chi connectivity index (χ1n) is 4.89. The molecule has 1 aliphatic rings. The lowest BCUT2D eigenvalue weighted by atomic mass is 10.2. The molecular formula is C5H13O11P3. The Hall–Kier alpha value is 0.370. The second-order valence-electron chi connectivity index (χ2n) is 3.52. The quantitative estimate of drug-likeness (QED) is 0.475. The largest absolute Gasteiger partial charge is 0.490 e. The Balaban J connectivity index is 2.50. The van der Waals surface area contributed by atoms with Gasteiger partial charge in [-0.3, -0.25) is 4.52 Å². The summed E-state index contributed by atoms with van der Waals surface area (Å²) in [6.45, 7) is 0.0914. The fourth-order valence-electron chi connectivity index (χ4n) is 1.26. The van der Waals surface area contributed by atoms with Gasteiger partial charge in [-0.15, -0.1) is 0 Å². The first-order valence-corrected chi connectivity index (χ1v) is 9.41. The zero-order valence-electron chi connectivity index (χ0n) is 9.39. The lowest BCUT2D eigenvalue weighted by Crippen LogP contribution is -2.13. The molecule has 1 aliphatic heterocycles. The van der Waals surface area contributed by atoms with Crippen molar-refractivity contribution in [3.63, 3.8) is 0 Å². The minimum absolute atomic E-state index is 0.371. The molecule has 0 spiro atoms. The monoisotopic (exact) mass is 342 g/mol. The van der Waals surface area contributed by atoms with Crippen LogP contribution in [-0.4, -0.2) is 38.9 Å². The van der Waals surface area contributed by atoms with Crippen molar-refractivity contribution < 1.29 is 51.2 Å². The number of hydrogen-bond acceptors (Lipinski definition) is 7. The SMILES string of the molecule is O=P(O)(O)OP(=O)(O)OP(=O)(O)OCC1CCCO1. The average Bonchev–Trinajstić information content (AvgIpc) is 2.60. The van der Waals surface area contributed by atoms with Crippen molar-refractivity contribution in [2.45, 2.75) is 18.9 Å². The van der Waals surface area contributed by atoms with E-state index in [0.29, 0.717) is 13.0 Å². The summed E-state index contributed by atoms with van der Waals surface area (Å²) in [6.07, 6.45) is 0.866. The number of hydrogen-bond donors (Lipinski definition) is 4. The van der Waals surface area contributed by atoms with Gasteiger partial charge in [0.1, 0.15) is 0 Å². The van der Waals surface area contributed by atoms with Crippen molar-refractivity contribution >= 4 is 23.5 Å². The molecule has 0 bridgehead atoms. The van der Waals surface area contributed by atoms with Crippen LogP contribution in [0.3, 0.4) is 0 Å². The zero-order chi connectivity index (χ0) is 14.7. The third-order valence-electron chi connectivity index (χ3n) is 1.86. The van der Waals surface area contributed by atoms with Crippen molar-refractivity contribution in [1.82, 2.24) is 0 Å². The van der Waals surface area contributed by atoms with Gasteiger partial charge < -0.3 is 24.3 Å². The first kappa shape index (κ1) is 17.4. The minimum atomic E-state index is -5.44. The van der Waals surface area contributed by atoms with Crippen LogP contribution >= 0.6 is 23.5 Å². The van der Waals surface area contributed by atoms with E-state index in [1.165, 1.54) is 0 Å². The molecule has 4 N–H and O–H groups in total. The molecule has 1 saturated heterocycles. The van der Waals surface area contributed by atoms with Gasteiger partial charge in [0.05, 0.1) is 12.7 Å². The van der Waals surface area contributed by atoms with Crippen molar-refractivity contribution in [3.8, 4) is 0 Å². The van der Waals surface area contributed by atoms with E-state index in [-0.39, 0.29) is 6.61 Å². The van der Waals surface area contributed by atoms with E-state index in [1.54, 1.807) is 0 Å². The summed E-state index contributed by atoms with van der Waals surface area (Å²) in [5.74, 6) is 0. The molecule has 0 aromatic heterocycles. The van der Waals surface area contributed by atoms with Gasteiger partial charge in [0.2, 0.25) is 0 Å². The third kappa shape index (κ3) is 7.65. The van der Waals surface area contributed by atoms with E-state index >= 15 is 0 Å². The third-order valence-corrected chi connectivity index (χ3v) is 5.67. The molecule has 3 unspecified atom stereocenters. The molecule has 0 radical (unpaired) electrons. The van der Waals surface area contributed by atoms with Crippen LogP contribution in [0.25, 0.3) is 0 Å². The molecule has 1 heterocycles. The summed E-state index contributed by atoms with van der Waals surface area (Å²) in [4.78, 5) is 34.5. The normalized spacial score (nSPS) is 26.8. The summed E-state index contributed by atoms with van der Waals surface area (Å²) in [7, 11) is -15.8. The predicted molar refractivity (Wildman–Crippen MR) is 58.8 cm³/mol. The summed E-state index contributed by atoms with van der Waals surface area (Å²) >= 11 is 0. The highest BCUT2D eigenvalue weighted by atomic mass is 31.3. The molecule has 11 nitrogen and oxygen atoms in total. The standard InChI is InChI=1S/C5H13O11P3/c6-17(7,8)15-19(11,12)16-18(9,10)14-4-5-2-1-3-13-5/h5H,1-4H2,(H,9,10)(H,11,12)(H2,6,7,8). The van der Waals surface area contributed by atoms with E-state index in [4.69, 9.17) is 24.3 Å². The number of phosphoric ester groups is 1. The molecule has 0 aromatic carbocycles. The molecule has 0 saturated carbocycles. The van der Waals surface area contributed by atoms with Gasteiger partial charge in [0, 0.05) is 6.61 Å². The van der Waals surface area contributed by atoms with Crippen molar-refractivity contribution in [2.24, 2.45) is 0 Å². The maximum Gasteiger partial charge on any atom is 0.490 e. The summed E-state index contributed by atoms with van der Waals surface area (Å²) in [5, 5.41) is 0. The first-order chi connectivity index (χ1) is 8.49. The summed E-state index contributed by atoms with van der Waals surface area (Å²) in [5.41, 5.74) is 0. The molecule has 114 valence electrons. The maximum atomic E-state index is 11.3. The Labute approximate surface area is 107 Å². The van der Waals surface area contributed by atoms with Gasteiger partial charge in [-0.2, -0.15) is 8.62 Å². The molecular weight excluding hydrogens is 329 g/mol. The van der Waals surface area contributed by atoms with Crippen LogP contribution in [0.4, 0.5) is 0 Å². The molecule has 0 aliphatic carbocycles.